The van der Waals surface area contributed by atoms with Crippen LogP contribution in [0.25, 0.3) is 0 Å². The molecule has 21 heavy (non-hydrogen) atoms. The largest absolute Gasteiger partial charge is 0.310 e. The molecule has 0 aromatic heterocycles. The third kappa shape index (κ3) is 4.84. The fourth-order valence-corrected chi connectivity index (χ4v) is 3.41. The zero-order chi connectivity index (χ0) is 15.2. The lowest BCUT2D eigenvalue weighted by Crippen LogP contribution is -2.24. The van der Waals surface area contributed by atoms with Gasteiger partial charge in [-0.05, 0) is 61.2 Å². The van der Waals surface area contributed by atoms with Gasteiger partial charge in [0.1, 0.15) is 0 Å². The monoisotopic (exact) mass is 365 g/mol. The summed E-state index contributed by atoms with van der Waals surface area (Å²) in [6.45, 7) is 5.30. The molecule has 0 amide bonds. The van der Waals surface area contributed by atoms with E-state index in [0.29, 0.717) is 6.04 Å². The van der Waals surface area contributed by atoms with Crippen molar-refractivity contribution in [3.63, 3.8) is 0 Å². The van der Waals surface area contributed by atoms with Gasteiger partial charge in [0.2, 0.25) is 0 Å². The van der Waals surface area contributed by atoms with Crippen LogP contribution in [0.3, 0.4) is 0 Å². The topological polar surface area (TPSA) is 12.0 Å². The maximum absolute atomic E-state index is 6.10. The molecule has 0 aliphatic rings. The van der Waals surface area contributed by atoms with Crippen LogP contribution in [0.1, 0.15) is 36.1 Å². The van der Waals surface area contributed by atoms with Gasteiger partial charge in [-0.25, -0.2) is 0 Å². The van der Waals surface area contributed by atoms with E-state index in [0.717, 1.165) is 28.9 Å². The molecule has 3 heteroatoms. The molecule has 0 bridgehead atoms. The summed E-state index contributed by atoms with van der Waals surface area (Å²) in [7, 11) is 0. The summed E-state index contributed by atoms with van der Waals surface area (Å²) in [5.41, 5.74) is 3.82. The molecule has 2 rings (SSSR count). The Balaban J connectivity index is 2.25. The second-order valence-corrected chi connectivity index (χ2v) is 6.66. The molecule has 1 nitrogen and oxygen atoms in total. The van der Waals surface area contributed by atoms with Crippen LogP contribution < -0.4 is 5.32 Å². The molecule has 0 heterocycles. The Hall–Kier alpha value is -0.830. The van der Waals surface area contributed by atoms with Gasteiger partial charge in [-0.3, -0.25) is 0 Å². The molecule has 2 aromatic carbocycles. The van der Waals surface area contributed by atoms with Crippen molar-refractivity contribution in [1.82, 2.24) is 5.32 Å². The molecule has 0 saturated carbocycles. The predicted molar refractivity (Wildman–Crippen MR) is 95.1 cm³/mol. The molecule has 1 unspecified atom stereocenters. The minimum Gasteiger partial charge on any atom is -0.310 e. The molecular weight excluding hydrogens is 346 g/mol. The predicted octanol–water partition coefficient (Wildman–Crippen LogP) is 5.69. The van der Waals surface area contributed by atoms with Crippen molar-refractivity contribution < 1.29 is 0 Å². The van der Waals surface area contributed by atoms with Crippen LogP contribution in [-0.2, 0) is 6.42 Å². The summed E-state index contributed by atoms with van der Waals surface area (Å²) >= 11 is 9.80. The molecule has 0 aliphatic heterocycles. The van der Waals surface area contributed by atoms with E-state index in [1.54, 1.807) is 0 Å². The van der Waals surface area contributed by atoms with Crippen molar-refractivity contribution in [2.75, 3.05) is 6.54 Å². The highest BCUT2D eigenvalue weighted by molar-refractivity contribution is 9.10. The summed E-state index contributed by atoms with van der Waals surface area (Å²) in [4.78, 5) is 0. The Morgan fingerprint density at radius 3 is 2.67 bits per heavy atom. The van der Waals surface area contributed by atoms with Crippen molar-refractivity contribution in [3.05, 3.63) is 68.7 Å². The normalized spacial score (nSPS) is 12.4. The lowest BCUT2D eigenvalue weighted by Gasteiger charge is -2.21. The third-order valence-electron chi connectivity index (χ3n) is 3.50. The van der Waals surface area contributed by atoms with Crippen LogP contribution >= 0.6 is 27.5 Å². The molecular formula is C18H21BrClN. The van der Waals surface area contributed by atoms with Gasteiger partial charge in [0.25, 0.3) is 0 Å². The van der Waals surface area contributed by atoms with Gasteiger partial charge in [0.15, 0.2) is 0 Å². The Morgan fingerprint density at radius 1 is 1.19 bits per heavy atom. The van der Waals surface area contributed by atoms with Crippen molar-refractivity contribution in [3.8, 4) is 0 Å². The van der Waals surface area contributed by atoms with Gasteiger partial charge in [0, 0.05) is 15.5 Å². The molecule has 0 spiro atoms. The van der Waals surface area contributed by atoms with E-state index in [9.17, 15) is 0 Å². The number of hydrogen-bond acceptors (Lipinski definition) is 1. The number of nitrogens with one attached hydrogen (secondary N) is 1. The maximum Gasteiger partial charge on any atom is 0.0408 e. The average Bonchev–Trinajstić information content (AvgIpc) is 2.44. The fraction of sp³-hybridized carbons (Fsp3) is 0.333. The summed E-state index contributed by atoms with van der Waals surface area (Å²) in [5.74, 6) is 0. The third-order valence-corrected chi connectivity index (χ3v) is 4.42. The molecule has 0 radical (unpaired) electrons. The van der Waals surface area contributed by atoms with Crippen LogP contribution in [0.4, 0.5) is 0 Å². The summed E-state index contributed by atoms with van der Waals surface area (Å²) in [6.07, 6.45) is 2.05. The van der Waals surface area contributed by atoms with Gasteiger partial charge in [0.05, 0.1) is 0 Å². The lowest BCUT2D eigenvalue weighted by molar-refractivity contribution is 0.527. The molecule has 2 aromatic rings. The fourth-order valence-electron chi connectivity index (χ4n) is 2.43. The van der Waals surface area contributed by atoms with E-state index in [-0.39, 0.29) is 0 Å². The first-order chi connectivity index (χ1) is 10.1. The van der Waals surface area contributed by atoms with E-state index in [1.165, 1.54) is 16.7 Å². The van der Waals surface area contributed by atoms with E-state index >= 15 is 0 Å². The summed E-state index contributed by atoms with van der Waals surface area (Å²) in [6, 6.07) is 14.9. The zero-order valence-electron chi connectivity index (χ0n) is 12.5. The summed E-state index contributed by atoms with van der Waals surface area (Å²) < 4.78 is 1.16. The van der Waals surface area contributed by atoms with Crippen LogP contribution in [-0.4, -0.2) is 6.54 Å². The Bertz CT molecular complexity index is 598. The quantitative estimate of drug-likeness (QED) is 0.692. The van der Waals surface area contributed by atoms with E-state index in [4.69, 9.17) is 11.6 Å². The number of halogens is 2. The molecule has 112 valence electrons. The first kappa shape index (κ1) is 16.5. The zero-order valence-corrected chi connectivity index (χ0v) is 14.8. The highest BCUT2D eigenvalue weighted by Crippen LogP contribution is 2.28. The second kappa shape index (κ2) is 7.98. The molecule has 0 saturated heterocycles. The van der Waals surface area contributed by atoms with Crippen LogP contribution in [0.5, 0.6) is 0 Å². The first-order valence-corrected chi connectivity index (χ1v) is 8.51. The van der Waals surface area contributed by atoms with Crippen molar-refractivity contribution in [2.45, 2.75) is 32.7 Å². The number of aryl methyl sites for hydroxylation is 1. The molecule has 0 aliphatic carbocycles. The van der Waals surface area contributed by atoms with Crippen LogP contribution in [0.2, 0.25) is 5.02 Å². The minimum atomic E-state index is 0.290. The van der Waals surface area contributed by atoms with Gasteiger partial charge in [-0.15, -0.1) is 0 Å². The number of hydrogen-bond donors (Lipinski definition) is 1. The maximum atomic E-state index is 6.10. The van der Waals surface area contributed by atoms with Crippen LogP contribution in [0.15, 0.2) is 46.9 Å². The minimum absolute atomic E-state index is 0.290. The van der Waals surface area contributed by atoms with Crippen molar-refractivity contribution >= 4 is 27.5 Å². The molecule has 1 atom stereocenters. The van der Waals surface area contributed by atoms with E-state index in [1.807, 2.05) is 18.2 Å². The second-order valence-electron chi connectivity index (χ2n) is 5.37. The summed E-state index contributed by atoms with van der Waals surface area (Å²) in [5, 5.41) is 4.44. The van der Waals surface area contributed by atoms with E-state index < -0.39 is 0 Å². The molecule has 1 N–H and O–H groups in total. The Labute approximate surface area is 140 Å². The highest BCUT2D eigenvalue weighted by Gasteiger charge is 2.14. The smallest absolute Gasteiger partial charge is 0.0408 e. The highest BCUT2D eigenvalue weighted by atomic mass is 79.9. The standard InChI is InChI=1S/C18H21BrClN/c1-3-9-21-18(12-14-5-4-6-15(20)11-14)16-8-7-13(2)10-17(16)19/h4-8,10-11,18,21H,3,9,12H2,1-2H3. The van der Waals surface area contributed by atoms with Gasteiger partial charge in [-0.1, -0.05) is 58.7 Å². The molecule has 0 fully saturated rings. The SMILES string of the molecule is CCCNC(Cc1cccc(Cl)c1)c1ccc(C)cc1Br. The van der Waals surface area contributed by atoms with Crippen molar-refractivity contribution in [2.24, 2.45) is 0 Å². The number of rotatable bonds is 6. The first-order valence-electron chi connectivity index (χ1n) is 7.34. The van der Waals surface area contributed by atoms with Crippen molar-refractivity contribution in [1.29, 1.82) is 0 Å². The Morgan fingerprint density at radius 2 is 2.00 bits per heavy atom. The number of benzene rings is 2. The van der Waals surface area contributed by atoms with Gasteiger partial charge < -0.3 is 5.32 Å². The average molecular weight is 367 g/mol. The van der Waals surface area contributed by atoms with E-state index in [2.05, 4.69) is 59.4 Å². The van der Waals surface area contributed by atoms with Gasteiger partial charge >= 0.3 is 0 Å². The van der Waals surface area contributed by atoms with Crippen LogP contribution in [0, 0.1) is 6.92 Å². The van der Waals surface area contributed by atoms with Gasteiger partial charge in [-0.2, -0.15) is 0 Å². The lowest BCUT2D eigenvalue weighted by atomic mass is 9.98. The Kier molecular flexibility index (Phi) is 6.28.